The van der Waals surface area contributed by atoms with Gasteiger partial charge in [-0.1, -0.05) is 0 Å². The van der Waals surface area contributed by atoms with Crippen LogP contribution in [0.2, 0.25) is 0 Å². The van der Waals surface area contributed by atoms with E-state index in [0.717, 1.165) is 4.47 Å². The van der Waals surface area contributed by atoms with Crippen LogP contribution in [0.1, 0.15) is 6.92 Å². The van der Waals surface area contributed by atoms with Crippen molar-refractivity contribution in [3.05, 3.63) is 16.9 Å². The SMILES string of the molecule is CC(Nc1ncc(Br)cn1)C(=O)N(C)C. The molecule has 1 aromatic heterocycles. The van der Waals surface area contributed by atoms with Crippen LogP contribution in [0.4, 0.5) is 5.95 Å². The van der Waals surface area contributed by atoms with E-state index in [1.165, 1.54) is 4.90 Å². The van der Waals surface area contributed by atoms with Crippen molar-refractivity contribution >= 4 is 27.8 Å². The van der Waals surface area contributed by atoms with E-state index in [2.05, 4.69) is 31.2 Å². The molecule has 15 heavy (non-hydrogen) atoms. The van der Waals surface area contributed by atoms with Crippen molar-refractivity contribution < 1.29 is 4.79 Å². The minimum absolute atomic E-state index is 0.0125. The first-order valence-corrected chi connectivity index (χ1v) is 5.25. The topological polar surface area (TPSA) is 58.1 Å². The van der Waals surface area contributed by atoms with Crippen LogP contribution >= 0.6 is 15.9 Å². The van der Waals surface area contributed by atoms with Gasteiger partial charge < -0.3 is 10.2 Å². The number of anilines is 1. The maximum absolute atomic E-state index is 11.5. The number of nitrogens with zero attached hydrogens (tertiary/aromatic N) is 3. The van der Waals surface area contributed by atoms with Gasteiger partial charge in [-0.2, -0.15) is 0 Å². The average molecular weight is 273 g/mol. The lowest BCUT2D eigenvalue weighted by molar-refractivity contribution is -0.129. The summed E-state index contributed by atoms with van der Waals surface area (Å²) in [6.45, 7) is 1.77. The third-order valence-corrected chi connectivity index (χ3v) is 2.19. The van der Waals surface area contributed by atoms with Gasteiger partial charge in [0.2, 0.25) is 11.9 Å². The second kappa shape index (κ2) is 5.06. The Morgan fingerprint density at radius 3 is 2.47 bits per heavy atom. The molecule has 1 atom stereocenters. The summed E-state index contributed by atoms with van der Waals surface area (Å²) in [6.07, 6.45) is 3.25. The van der Waals surface area contributed by atoms with Crippen molar-refractivity contribution in [1.29, 1.82) is 0 Å². The maximum atomic E-state index is 11.5. The lowest BCUT2D eigenvalue weighted by atomic mass is 10.3. The monoisotopic (exact) mass is 272 g/mol. The summed E-state index contributed by atoms with van der Waals surface area (Å²) in [5.41, 5.74) is 0. The number of nitrogens with one attached hydrogen (secondary N) is 1. The van der Waals surface area contributed by atoms with Crippen LogP contribution in [0.3, 0.4) is 0 Å². The highest BCUT2D eigenvalue weighted by Crippen LogP contribution is 2.07. The molecule has 0 bridgehead atoms. The van der Waals surface area contributed by atoms with E-state index in [9.17, 15) is 4.79 Å². The molecule has 1 heterocycles. The van der Waals surface area contributed by atoms with Crippen LogP contribution in [0, 0.1) is 0 Å². The van der Waals surface area contributed by atoms with E-state index in [4.69, 9.17) is 0 Å². The summed E-state index contributed by atoms with van der Waals surface area (Å²) in [5.74, 6) is 0.433. The molecule has 1 amide bonds. The second-order valence-corrected chi connectivity index (χ2v) is 4.24. The second-order valence-electron chi connectivity index (χ2n) is 3.32. The molecule has 82 valence electrons. The van der Waals surface area contributed by atoms with Crippen molar-refractivity contribution in [2.24, 2.45) is 0 Å². The van der Waals surface area contributed by atoms with Gasteiger partial charge in [-0.3, -0.25) is 4.79 Å². The first-order valence-electron chi connectivity index (χ1n) is 4.46. The molecule has 0 aliphatic carbocycles. The van der Waals surface area contributed by atoms with Gasteiger partial charge in [-0.05, 0) is 22.9 Å². The van der Waals surface area contributed by atoms with E-state index in [0.29, 0.717) is 5.95 Å². The zero-order valence-electron chi connectivity index (χ0n) is 8.86. The van der Waals surface area contributed by atoms with Gasteiger partial charge >= 0.3 is 0 Å². The minimum Gasteiger partial charge on any atom is -0.347 e. The maximum Gasteiger partial charge on any atom is 0.244 e. The Bertz CT molecular complexity index is 338. The molecular formula is C9H13BrN4O. The van der Waals surface area contributed by atoms with Gasteiger partial charge in [0.25, 0.3) is 0 Å². The van der Waals surface area contributed by atoms with Gasteiger partial charge in [0.1, 0.15) is 6.04 Å². The summed E-state index contributed by atoms with van der Waals surface area (Å²) in [7, 11) is 3.42. The molecule has 0 saturated carbocycles. The lowest BCUT2D eigenvalue weighted by Crippen LogP contribution is -2.37. The number of carbonyl (C=O) groups excluding carboxylic acids is 1. The standard InChI is InChI=1S/C9H13BrN4O/c1-6(8(15)14(2)3)13-9-11-4-7(10)5-12-9/h4-6H,1-3H3,(H,11,12,13). The number of amides is 1. The quantitative estimate of drug-likeness (QED) is 0.896. The fourth-order valence-electron chi connectivity index (χ4n) is 1.03. The van der Waals surface area contributed by atoms with Crippen LogP contribution in [0.25, 0.3) is 0 Å². The lowest BCUT2D eigenvalue weighted by Gasteiger charge is -2.17. The van der Waals surface area contributed by atoms with E-state index in [1.807, 2.05) is 0 Å². The Morgan fingerprint density at radius 2 is 2.00 bits per heavy atom. The molecule has 0 aliphatic rings. The van der Waals surface area contributed by atoms with E-state index in [-0.39, 0.29) is 11.9 Å². The highest BCUT2D eigenvalue weighted by atomic mass is 79.9. The molecule has 0 aliphatic heterocycles. The molecule has 0 saturated heterocycles. The van der Waals surface area contributed by atoms with Crippen molar-refractivity contribution in [1.82, 2.24) is 14.9 Å². The molecule has 0 radical (unpaired) electrons. The van der Waals surface area contributed by atoms with Crippen LogP contribution in [0.5, 0.6) is 0 Å². The smallest absolute Gasteiger partial charge is 0.244 e. The van der Waals surface area contributed by atoms with Gasteiger partial charge in [0.15, 0.2) is 0 Å². The molecule has 0 aromatic carbocycles. The zero-order valence-corrected chi connectivity index (χ0v) is 10.4. The molecule has 1 N–H and O–H groups in total. The summed E-state index contributed by atoms with van der Waals surface area (Å²) < 4.78 is 0.805. The number of hydrogen-bond donors (Lipinski definition) is 1. The summed E-state index contributed by atoms with van der Waals surface area (Å²) in [4.78, 5) is 21.1. The third-order valence-electron chi connectivity index (χ3n) is 1.78. The Balaban J connectivity index is 2.62. The van der Waals surface area contributed by atoms with E-state index >= 15 is 0 Å². The van der Waals surface area contributed by atoms with Gasteiger partial charge in [-0.15, -0.1) is 0 Å². The highest BCUT2D eigenvalue weighted by molar-refractivity contribution is 9.10. The fourth-order valence-corrected chi connectivity index (χ4v) is 1.23. The van der Waals surface area contributed by atoms with Gasteiger partial charge in [0, 0.05) is 26.5 Å². The first-order chi connectivity index (χ1) is 7.00. The van der Waals surface area contributed by atoms with Crippen molar-refractivity contribution in [2.75, 3.05) is 19.4 Å². The Kier molecular flexibility index (Phi) is 4.02. The zero-order chi connectivity index (χ0) is 11.4. The summed E-state index contributed by atoms with van der Waals surface area (Å²) in [6, 6.07) is -0.332. The number of aromatic nitrogens is 2. The fraction of sp³-hybridized carbons (Fsp3) is 0.444. The largest absolute Gasteiger partial charge is 0.347 e. The van der Waals surface area contributed by atoms with Crippen molar-refractivity contribution in [3.8, 4) is 0 Å². The molecule has 1 unspecified atom stereocenters. The Morgan fingerprint density at radius 1 is 1.47 bits per heavy atom. The number of carbonyl (C=O) groups is 1. The van der Waals surface area contributed by atoms with Crippen LogP contribution in [-0.2, 0) is 4.79 Å². The van der Waals surface area contributed by atoms with Gasteiger partial charge in [-0.25, -0.2) is 9.97 Å². The van der Waals surface area contributed by atoms with Crippen LogP contribution in [0.15, 0.2) is 16.9 Å². The molecule has 0 spiro atoms. The van der Waals surface area contributed by atoms with Crippen molar-refractivity contribution in [2.45, 2.75) is 13.0 Å². The molecule has 6 heteroatoms. The number of likely N-dealkylation sites (N-methyl/N-ethyl adjacent to an activating group) is 1. The summed E-state index contributed by atoms with van der Waals surface area (Å²) in [5, 5.41) is 2.92. The van der Waals surface area contributed by atoms with Crippen LogP contribution in [-0.4, -0.2) is 40.9 Å². The van der Waals surface area contributed by atoms with E-state index in [1.54, 1.807) is 33.4 Å². The number of hydrogen-bond acceptors (Lipinski definition) is 4. The molecule has 1 aromatic rings. The number of halogens is 1. The molecule has 5 nitrogen and oxygen atoms in total. The van der Waals surface area contributed by atoms with Gasteiger partial charge in [0.05, 0.1) is 4.47 Å². The Labute approximate surface area is 97.0 Å². The predicted octanol–water partition coefficient (Wildman–Crippen LogP) is 1.13. The highest BCUT2D eigenvalue weighted by Gasteiger charge is 2.14. The predicted molar refractivity (Wildman–Crippen MR) is 61.5 cm³/mol. The van der Waals surface area contributed by atoms with Crippen LogP contribution < -0.4 is 5.32 Å². The number of rotatable bonds is 3. The Hall–Kier alpha value is -1.17. The minimum atomic E-state index is -0.332. The van der Waals surface area contributed by atoms with Crippen molar-refractivity contribution in [3.63, 3.8) is 0 Å². The first kappa shape index (κ1) is 11.9. The molecular weight excluding hydrogens is 260 g/mol. The normalized spacial score (nSPS) is 12.0. The molecule has 0 fully saturated rings. The third kappa shape index (κ3) is 3.47. The average Bonchev–Trinajstić information content (AvgIpc) is 2.20. The van der Waals surface area contributed by atoms with E-state index < -0.39 is 0 Å². The summed E-state index contributed by atoms with van der Waals surface area (Å²) >= 11 is 3.24. The molecule has 1 rings (SSSR count).